The monoisotopic (exact) mass is 281 g/mol. The summed E-state index contributed by atoms with van der Waals surface area (Å²) in [5, 5.41) is 5.93. The highest BCUT2D eigenvalue weighted by molar-refractivity contribution is 7.09. The van der Waals surface area contributed by atoms with Crippen LogP contribution in [0.1, 0.15) is 28.3 Å². The van der Waals surface area contributed by atoms with Crippen LogP contribution in [0.2, 0.25) is 5.02 Å². The van der Waals surface area contributed by atoms with Crippen LogP contribution in [0.5, 0.6) is 0 Å². The minimum Gasteiger partial charge on any atom is -0.399 e. The van der Waals surface area contributed by atoms with Crippen molar-refractivity contribution in [3.05, 3.63) is 45.4 Å². The van der Waals surface area contributed by atoms with Crippen LogP contribution in [0.4, 0.5) is 5.69 Å². The molecule has 6 heteroatoms. The van der Waals surface area contributed by atoms with Crippen molar-refractivity contribution >= 4 is 34.5 Å². The lowest BCUT2D eigenvalue weighted by atomic mass is 10.2. The van der Waals surface area contributed by atoms with Crippen molar-refractivity contribution in [3.8, 4) is 0 Å². The number of halogens is 1. The van der Waals surface area contributed by atoms with Crippen molar-refractivity contribution in [2.75, 3.05) is 5.73 Å². The van der Waals surface area contributed by atoms with Gasteiger partial charge in [0.05, 0.1) is 16.6 Å². The smallest absolute Gasteiger partial charge is 0.253 e. The fraction of sp³-hybridized carbons (Fsp3) is 0.167. The molecule has 1 unspecified atom stereocenters. The molecule has 1 aromatic carbocycles. The molecule has 94 valence electrons. The van der Waals surface area contributed by atoms with E-state index in [9.17, 15) is 4.79 Å². The summed E-state index contributed by atoms with van der Waals surface area (Å²) >= 11 is 7.46. The zero-order valence-corrected chi connectivity index (χ0v) is 11.3. The standard InChI is InChI=1S/C12H12ClN3OS/c1-7(12-15-4-5-18-12)16-11(17)9-6-8(14)2-3-10(9)13/h2-7H,14H2,1H3,(H,16,17). The Kier molecular flexibility index (Phi) is 3.84. The van der Waals surface area contributed by atoms with Crippen LogP contribution in [0, 0.1) is 0 Å². The molecule has 18 heavy (non-hydrogen) atoms. The van der Waals surface area contributed by atoms with Gasteiger partial charge in [-0.1, -0.05) is 11.6 Å². The van der Waals surface area contributed by atoms with Crippen molar-refractivity contribution < 1.29 is 4.79 Å². The van der Waals surface area contributed by atoms with E-state index in [4.69, 9.17) is 17.3 Å². The van der Waals surface area contributed by atoms with Crippen LogP contribution in [0.25, 0.3) is 0 Å². The summed E-state index contributed by atoms with van der Waals surface area (Å²) in [7, 11) is 0. The maximum Gasteiger partial charge on any atom is 0.253 e. The Bertz CT molecular complexity index is 556. The normalized spacial score (nSPS) is 12.1. The summed E-state index contributed by atoms with van der Waals surface area (Å²) in [6, 6.07) is 4.67. The van der Waals surface area contributed by atoms with E-state index in [0.29, 0.717) is 16.3 Å². The van der Waals surface area contributed by atoms with Gasteiger partial charge in [-0.05, 0) is 25.1 Å². The van der Waals surface area contributed by atoms with Crippen LogP contribution in [0.15, 0.2) is 29.8 Å². The van der Waals surface area contributed by atoms with Crippen molar-refractivity contribution in [2.24, 2.45) is 0 Å². The van der Waals surface area contributed by atoms with Gasteiger partial charge in [-0.3, -0.25) is 4.79 Å². The molecule has 0 aliphatic rings. The Balaban J connectivity index is 2.15. The minimum atomic E-state index is -0.255. The highest BCUT2D eigenvalue weighted by atomic mass is 35.5. The molecular weight excluding hydrogens is 270 g/mol. The first-order valence-electron chi connectivity index (χ1n) is 5.33. The molecule has 0 aliphatic heterocycles. The van der Waals surface area contributed by atoms with E-state index in [1.54, 1.807) is 24.4 Å². The molecule has 0 saturated heterocycles. The molecule has 1 aromatic heterocycles. The Morgan fingerprint density at radius 1 is 1.56 bits per heavy atom. The van der Waals surface area contributed by atoms with Gasteiger partial charge in [0.2, 0.25) is 0 Å². The lowest BCUT2D eigenvalue weighted by Gasteiger charge is -2.12. The number of carbonyl (C=O) groups is 1. The second-order valence-corrected chi connectivity index (χ2v) is 5.14. The van der Waals surface area contributed by atoms with Crippen LogP contribution in [-0.2, 0) is 0 Å². The van der Waals surface area contributed by atoms with Gasteiger partial charge >= 0.3 is 0 Å². The number of rotatable bonds is 3. The molecule has 2 rings (SSSR count). The Morgan fingerprint density at radius 3 is 3.00 bits per heavy atom. The molecule has 0 saturated carbocycles. The topological polar surface area (TPSA) is 68.0 Å². The molecule has 2 aromatic rings. The van der Waals surface area contributed by atoms with E-state index in [1.165, 1.54) is 11.3 Å². The molecule has 4 nitrogen and oxygen atoms in total. The third-order valence-electron chi connectivity index (χ3n) is 2.40. The summed E-state index contributed by atoms with van der Waals surface area (Å²) in [5.74, 6) is -0.255. The highest BCUT2D eigenvalue weighted by Crippen LogP contribution is 2.21. The van der Waals surface area contributed by atoms with E-state index in [1.807, 2.05) is 12.3 Å². The van der Waals surface area contributed by atoms with E-state index >= 15 is 0 Å². The fourth-order valence-electron chi connectivity index (χ4n) is 1.50. The molecule has 1 atom stereocenters. The van der Waals surface area contributed by atoms with E-state index in [0.717, 1.165) is 5.01 Å². The third-order valence-corrected chi connectivity index (χ3v) is 3.69. The predicted molar refractivity (Wildman–Crippen MR) is 73.9 cm³/mol. The first-order chi connectivity index (χ1) is 8.58. The Morgan fingerprint density at radius 2 is 2.33 bits per heavy atom. The Labute approximate surface area is 114 Å². The lowest BCUT2D eigenvalue weighted by molar-refractivity contribution is 0.0940. The summed E-state index contributed by atoms with van der Waals surface area (Å²) in [5.41, 5.74) is 6.52. The summed E-state index contributed by atoms with van der Waals surface area (Å²) in [6.07, 6.45) is 1.70. The zero-order valence-electron chi connectivity index (χ0n) is 9.68. The van der Waals surface area contributed by atoms with Gasteiger partial charge in [0.1, 0.15) is 5.01 Å². The van der Waals surface area contributed by atoms with Gasteiger partial charge in [-0.2, -0.15) is 0 Å². The molecule has 0 radical (unpaired) electrons. The number of anilines is 1. The molecule has 1 amide bonds. The quantitative estimate of drug-likeness (QED) is 0.850. The van der Waals surface area contributed by atoms with Crippen LogP contribution in [0.3, 0.4) is 0 Å². The number of amides is 1. The third kappa shape index (κ3) is 2.80. The van der Waals surface area contributed by atoms with Crippen molar-refractivity contribution in [1.82, 2.24) is 10.3 Å². The SMILES string of the molecule is CC(NC(=O)c1cc(N)ccc1Cl)c1nccs1. The van der Waals surface area contributed by atoms with Gasteiger partial charge in [-0.15, -0.1) is 11.3 Å². The molecule has 3 N–H and O–H groups in total. The molecule has 0 bridgehead atoms. The molecular formula is C12H12ClN3OS. The lowest BCUT2D eigenvalue weighted by Crippen LogP contribution is -2.26. The molecule has 0 aliphatic carbocycles. The number of carbonyl (C=O) groups excluding carboxylic acids is 1. The Hall–Kier alpha value is -1.59. The average Bonchev–Trinajstić information content (AvgIpc) is 2.85. The number of hydrogen-bond acceptors (Lipinski definition) is 4. The fourth-order valence-corrected chi connectivity index (χ4v) is 2.35. The van der Waals surface area contributed by atoms with Gasteiger partial charge in [0.25, 0.3) is 5.91 Å². The number of nitrogen functional groups attached to an aromatic ring is 1. The summed E-state index contributed by atoms with van der Waals surface area (Å²) in [6.45, 7) is 1.87. The first-order valence-corrected chi connectivity index (χ1v) is 6.59. The number of nitrogens with zero attached hydrogens (tertiary/aromatic N) is 1. The van der Waals surface area contributed by atoms with E-state index in [-0.39, 0.29) is 11.9 Å². The maximum atomic E-state index is 12.0. The molecule has 0 fully saturated rings. The van der Waals surface area contributed by atoms with Crippen molar-refractivity contribution in [2.45, 2.75) is 13.0 Å². The van der Waals surface area contributed by atoms with Crippen molar-refractivity contribution in [3.63, 3.8) is 0 Å². The van der Waals surface area contributed by atoms with E-state index in [2.05, 4.69) is 10.3 Å². The second-order valence-electron chi connectivity index (χ2n) is 3.80. The zero-order chi connectivity index (χ0) is 13.1. The van der Waals surface area contributed by atoms with Gasteiger partial charge in [0.15, 0.2) is 0 Å². The van der Waals surface area contributed by atoms with Crippen LogP contribution < -0.4 is 11.1 Å². The average molecular weight is 282 g/mol. The van der Waals surface area contributed by atoms with Gasteiger partial charge < -0.3 is 11.1 Å². The summed E-state index contributed by atoms with van der Waals surface area (Å²) < 4.78 is 0. The number of nitrogens with one attached hydrogen (secondary N) is 1. The predicted octanol–water partition coefficient (Wildman–Crippen LogP) is 2.87. The van der Waals surface area contributed by atoms with Gasteiger partial charge in [0, 0.05) is 17.3 Å². The largest absolute Gasteiger partial charge is 0.399 e. The van der Waals surface area contributed by atoms with E-state index < -0.39 is 0 Å². The number of hydrogen-bond donors (Lipinski definition) is 2. The number of thiazole rings is 1. The summed E-state index contributed by atoms with van der Waals surface area (Å²) in [4.78, 5) is 16.2. The highest BCUT2D eigenvalue weighted by Gasteiger charge is 2.15. The van der Waals surface area contributed by atoms with Crippen molar-refractivity contribution in [1.29, 1.82) is 0 Å². The number of nitrogens with two attached hydrogens (primary N) is 1. The molecule has 0 spiro atoms. The second kappa shape index (κ2) is 5.37. The van der Waals surface area contributed by atoms with Crippen LogP contribution in [-0.4, -0.2) is 10.9 Å². The van der Waals surface area contributed by atoms with Crippen LogP contribution >= 0.6 is 22.9 Å². The first kappa shape index (κ1) is 12.9. The minimum absolute atomic E-state index is 0.157. The molecule has 1 heterocycles. The maximum absolute atomic E-state index is 12.0. The van der Waals surface area contributed by atoms with Gasteiger partial charge in [-0.25, -0.2) is 4.98 Å². The number of aromatic nitrogens is 1. The number of benzene rings is 1.